The molecule has 0 saturated carbocycles. The van der Waals surface area contributed by atoms with Crippen LogP contribution in [-0.2, 0) is 6.54 Å². The summed E-state index contributed by atoms with van der Waals surface area (Å²) in [6.45, 7) is 0.523. The molecule has 0 saturated heterocycles. The van der Waals surface area contributed by atoms with Crippen LogP contribution in [0.4, 0.5) is 10.2 Å². The van der Waals surface area contributed by atoms with Gasteiger partial charge in [0.25, 0.3) is 5.91 Å². The number of nitrogens with zero attached hydrogens (tertiary/aromatic N) is 3. The van der Waals surface area contributed by atoms with Gasteiger partial charge in [0.15, 0.2) is 0 Å². The van der Waals surface area contributed by atoms with Crippen LogP contribution < -0.4 is 5.32 Å². The molecular weight excluding hydrogens is 355 g/mol. The third-order valence-corrected chi connectivity index (χ3v) is 4.25. The highest BCUT2D eigenvalue weighted by Gasteiger charge is 2.17. The minimum absolute atomic E-state index is 0.226. The van der Waals surface area contributed by atoms with Crippen LogP contribution in [0.3, 0.4) is 0 Å². The molecule has 0 atom stereocenters. The molecule has 138 valence electrons. The molecule has 0 radical (unpaired) electrons. The fraction of sp³-hybridized carbons (Fsp3) is 0.0455. The molecule has 5 nitrogen and oxygen atoms in total. The van der Waals surface area contributed by atoms with E-state index in [9.17, 15) is 9.18 Å². The average Bonchev–Trinajstić information content (AvgIpc) is 3.17. The van der Waals surface area contributed by atoms with Crippen molar-refractivity contribution in [1.29, 1.82) is 0 Å². The van der Waals surface area contributed by atoms with E-state index >= 15 is 0 Å². The van der Waals surface area contributed by atoms with Crippen LogP contribution in [0.2, 0.25) is 0 Å². The summed E-state index contributed by atoms with van der Waals surface area (Å²) in [6.07, 6.45) is 3.35. The Kier molecular flexibility index (Phi) is 4.93. The Balaban J connectivity index is 1.70. The summed E-state index contributed by atoms with van der Waals surface area (Å²) in [7, 11) is 0. The van der Waals surface area contributed by atoms with Gasteiger partial charge in [-0.1, -0.05) is 36.4 Å². The van der Waals surface area contributed by atoms with Gasteiger partial charge in [-0.05, 0) is 35.9 Å². The third kappa shape index (κ3) is 3.81. The lowest BCUT2D eigenvalue weighted by Gasteiger charge is -2.09. The first-order valence-electron chi connectivity index (χ1n) is 8.79. The topological polar surface area (TPSA) is 59.8 Å². The lowest BCUT2D eigenvalue weighted by Crippen LogP contribution is -2.17. The Morgan fingerprint density at radius 2 is 1.86 bits per heavy atom. The second-order valence-corrected chi connectivity index (χ2v) is 6.22. The van der Waals surface area contributed by atoms with Gasteiger partial charge in [-0.3, -0.25) is 9.78 Å². The zero-order valence-corrected chi connectivity index (χ0v) is 14.9. The van der Waals surface area contributed by atoms with Crippen LogP contribution in [0, 0.1) is 5.82 Å². The van der Waals surface area contributed by atoms with Crippen molar-refractivity contribution in [2.75, 3.05) is 5.32 Å². The Labute approximate surface area is 161 Å². The number of rotatable bonds is 5. The van der Waals surface area contributed by atoms with Gasteiger partial charge in [0.1, 0.15) is 11.6 Å². The van der Waals surface area contributed by atoms with Crippen LogP contribution in [0.1, 0.15) is 15.9 Å². The molecule has 6 heteroatoms. The molecular formula is C22H17FN4O. The Morgan fingerprint density at radius 3 is 2.61 bits per heavy atom. The van der Waals surface area contributed by atoms with Gasteiger partial charge in [-0.2, -0.15) is 9.78 Å². The predicted molar refractivity (Wildman–Crippen MR) is 105 cm³/mol. The summed E-state index contributed by atoms with van der Waals surface area (Å²) in [5.74, 6) is -0.355. The number of hydrogen-bond acceptors (Lipinski definition) is 4. The van der Waals surface area contributed by atoms with E-state index in [2.05, 4.69) is 15.4 Å². The van der Waals surface area contributed by atoms with Gasteiger partial charge >= 0.3 is 0 Å². The van der Waals surface area contributed by atoms with Crippen molar-refractivity contribution in [2.45, 2.75) is 6.54 Å². The number of hydrogen-bond donors (Lipinski definition) is 1. The highest BCUT2D eigenvalue weighted by atomic mass is 19.1. The summed E-state index contributed by atoms with van der Waals surface area (Å²) in [4.78, 5) is 17.1. The molecule has 0 fully saturated rings. The van der Waals surface area contributed by atoms with E-state index in [1.807, 2.05) is 36.4 Å². The standard InChI is InChI=1S/C22H17FN4O/c23-19-10-4-8-17(12-19)22(28)27-21(25-14-16-6-2-1-3-7-16)13-20(26-27)18-9-5-11-24-15-18/h1-13,15,25H,14H2. The first-order chi connectivity index (χ1) is 13.7. The molecule has 0 unspecified atom stereocenters. The molecule has 0 spiro atoms. The fourth-order valence-electron chi connectivity index (χ4n) is 2.85. The number of aromatic nitrogens is 3. The largest absolute Gasteiger partial charge is 0.366 e. The third-order valence-electron chi connectivity index (χ3n) is 4.25. The zero-order chi connectivity index (χ0) is 19.3. The van der Waals surface area contributed by atoms with E-state index in [4.69, 9.17) is 0 Å². The van der Waals surface area contributed by atoms with E-state index in [1.54, 1.807) is 30.6 Å². The Hall–Kier alpha value is -3.80. The molecule has 0 aliphatic rings. The first kappa shape index (κ1) is 17.6. The number of nitrogens with one attached hydrogen (secondary N) is 1. The smallest absolute Gasteiger partial charge is 0.280 e. The molecule has 0 bridgehead atoms. The average molecular weight is 372 g/mol. The first-order valence-corrected chi connectivity index (χ1v) is 8.79. The van der Waals surface area contributed by atoms with Crippen LogP contribution >= 0.6 is 0 Å². The number of carbonyl (C=O) groups excluding carboxylic acids is 1. The molecule has 0 aliphatic carbocycles. The lowest BCUT2D eigenvalue weighted by molar-refractivity contribution is 0.0947. The normalized spacial score (nSPS) is 10.6. The quantitative estimate of drug-likeness (QED) is 0.565. The van der Waals surface area contributed by atoms with E-state index in [-0.39, 0.29) is 5.56 Å². The SMILES string of the molecule is O=C(c1cccc(F)c1)n1nc(-c2cccnc2)cc1NCc1ccccc1. The molecule has 2 aromatic carbocycles. The van der Waals surface area contributed by atoms with E-state index in [1.165, 1.54) is 22.9 Å². The molecule has 2 heterocycles. The van der Waals surface area contributed by atoms with Crippen molar-refractivity contribution >= 4 is 11.7 Å². The molecule has 2 aromatic heterocycles. The van der Waals surface area contributed by atoms with Crippen molar-refractivity contribution in [3.05, 3.63) is 102 Å². The van der Waals surface area contributed by atoms with Gasteiger partial charge in [0, 0.05) is 36.1 Å². The van der Waals surface area contributed by atoms with E-state index < -0.39 is 11.7 Å². The van der Waals surface area contributed by atoms with Gasteiger partial charge in [-0.15, -0.1) is 0 Å². The van der Waals surface area contributed by atoms with Crippen LogP contribution in [-0.4, -0.2) is 20.7 Å². The molecule has 0 amide bonds. The van der Waals surface area contributed by atoms with E-state index in [0.717, 1.165) is 11.1 Å². The number of benzene rings is 2. The maximum Gasteiger partial charge on any atom is 0.280 e. The summed E-state index contributed by atoms with van der Waals surface area (Å²) in [6, 6.07) is 20.9. The minimum Gasteiger partial charge on any atom is -0.366 e. The second kappa shape index (κ2) is 7.84. The van der Waals surface area contributed by atoms with Crippen molar-refractivity contribution in [2.24, 2.45) is 0 Å². The highest BCUT2D eigenvalue weighted by Crippen LogP contribution is 2.23. The monoisotopic (exact) mass is 372 g/mol. The summed E-state index contributed by atoms with van der Waals surface area (Å²) >= 11 is 0. The Morgan fingerprint density at radius 1 is 1.00 bits per heavy atom. The number of carbonyl (C=O) groups is 1. The summed E-state index contributed by atoms with van der Waals surface area (Å²) < 4.78 is 14.8. The molecule has 4 aromatic rings. The van der Waals surface area contributed by atoms with Crippen LogP contribution in [0.25, 0.3) is 11.3 Å². The second-order valence-electron chi connectivity index (χ2n) is 6.22. The van der Waals surface area contributed by atoms with Gasteiger partial charge in [0.2, 0.25) is 0 Å². The zero-order valence-electron chi connectivity index (χ0n) is 14.9. The van der Waals surface area contributed by atoms with Crippen molar-refractivity contribution < 1.29 is 9.18 Å². The fourth-order valence-corrected chi connectivity index (χ4v) is 2.85. The Bertz CT molecular complexity index is 1090. The predicted octanol–water partition coefficient (Wildman–Crippen LogP) is 4.38. The summed E-state index contributed by atoms with van der Waals surface area (Å²) in [5.41, 5.74) is 2.68. The summed E-state index contributed by atoms with van der Waals surface area (Å²) in [5, 5.41) is 7.69. The van der Waals surface area contributed by atoms with E-state index in [0.29, 0.717) is 18.1 Å². The minimum atomic E-state index is -0.468. The van der Waals surface area contributed by atoms with Crippen molar-refractivity contribution in [3.8, 4) is 11.3 Å². The van der Waals surface area contributed by atoms with Crippen molar-refractivity contribution in [1.82, 2.24) is 14.8 Å². The van der Waals surface area contributed by atoms with Crippen LogP contribution in [0.15, 0.2) is 85.2 Å². The number of halogens is 1. The highest BCUT2D eigenvalue weighted by molar-refractivity contribution is 5.97. The molecule has 4 rings (SSSR count). The molecule has 0 aliphatic heterocycles. The maximum atomic E-state index is 13.6. The number of anilines is 1. The van der Waals surface area contributed by atoms with Gasteiger partial charge in [-0.25, -0.2) is 4.39 Å². The maximum absolute atomic E-state index is 13.6. The number of pyridine rings is 1. The lowest BCUT2D eigenvalue weighted by atomic mass is 10.2. The van der Waals surface area contributed by atoms with Crippen molar-refractivity contribution in [3.63, 3.8) is 0 Å². The molecule has 1 N–H and O–H groups in total. The van der Waals surface area contributed by atoms with Gasteiger partial charge < -0.3 is 5.32 Å². The van der Waals surface area contributed by atoms with Gasteiger partial charge in [0.05, 0.1) is 5.69 Å². The van der Waals surface area contributed by atoms with Crippen LogP contribution in [0.5, 0.6) is 0 Å². The molecule has 28 heavy (non-hydrogen) atoms.